The van der Waals surface area contributed by atoms with E-state index < -0.39 is 40.4 Å². The van der Waals surface area contributed by atoms with Gasteiger partial charge in [0.2, 0.25) is 5.43 Å². The van der Waals surface area contributed by atoms with Crippen LogP contribution in [0.2, 0.25) is 0 Å². The molecule has 1 aromatic heterocycles. The highest BCUT2D eigenvalue weighted by Crippen LogP contribution is 2.43. The fraction of sp³-hybridized carbons (Fsp3) is 0.280. The zero-order chi connectivity index (χ0) is 24.9. The Morgan fingerprint density at radius 2 is 1.89 bits per heavy atom. The summed E-state index contributed by atoms with van der Waals surface area (Å²) in [7, 11) is 0. The van der Waals surface area contributed by atoms with Crippen LogP contribution in [0.15, 0.2) is 64.4 Å². The van der Waals surface area contributed by atoms with Gasteiger partial charge in [0.25, 0.3) is 5.91 Å². The summed E-state index contributed by atoms with van der Waals surface area (Å²) < 4.78 is 35.8. The van der Waals surface area contributed by atoms with Gasteiger partial charge in [-0.1, -0.05) is 24.3 Å². The van der Waals surface area contributed by atoms with Gasteiger partial charge in [0.05, 0.1) is 13.2 Å². The van der Waals surface area contributed by atoms with E-state index in [2.05, 4.69) is 0 Å². The van der Waals surface area contributed by atoms with Crippen LogP contribution in [0.5, 0.6) is 5.75 Å². The summed E-state index contributed by atoms with van der Waals surface area (Å²) in [6, 6.07) is 12.4. The summed E-state index contributed by atoms with van der Waals surface area (Å²) in [6.07, 6.45) is 2.68. The summed E-state index contributed by atoms with van der Waals surface area (Å²) in [5, 5.41) is 12.5. The third kappa shape index (κ3) is 3.51. The highest BCUT2D eigenvalue weighted by molar-refractivity contribution is 7.98. The molecule has 1 N–H and O–H groups in total. The van der Waals surface area contributed by atoms with Crippen molar-refractivity contribution in [2.45, 2.75) is 23.5 Å². The quantitative estimate of drug-likeness (QED) is 0.556. The van der Waals surface area contributed by atoms with Gasteiger partial charge >= 0.3 is 0 Å². The number of rotatable bonds is 4. The standard InChI is InChI=1S/C25H23F2N3O4S/c1-25(15-7-8-17(26)18(27)13-15,16-5-3-4-6-20(16)35-2)30-21-14-34-12-11-28(21)24(33)22-23(32)19(31)9-10-29(22)30/h3-10,13,21,32H,11-12,14H2,1-2H3/t21-,25-/m1/s1. The predicted octanol–water partition coefficient (Wildman–Crippen LogP) is 3.27. The zero-order valence-electron chi connectivity index (χ0n) is 19.1. The van der Waals surface area contributed by atoms with Gasteiger partial charge in [0, 0.05) is 23.7 Å². The first-order valence-corrected chi connectivity index (χ1v) is 12.2. The Bertz CT molecular complexity index is 1380. The molecule has 0 aliphatic carbocycles. The normalized spacial score (nSPS) is 19.2. The number of aromatic hydroxyl groups is 1. The number of benzene rings is 2. The van der Waals surface area contributed by atoms with Crippen LogP contribution in [0, 0.1) is 11.6 Å². The SMILES string of the molecule is CSc1ccccc1[C@@](C)(c1ccc(F)c(F)c1)N1[C@@H]2COCCN2C(=O)c2c(O)c(=O)ccn21. The molecule has 35 heavy (non-hydrogen) atoms. The lowest BCUT2D eigenvalue weighted by Crippen LogP contribution is -2.70. The van der Waals surface area contributed by atoms with Crippen molar-refractivity contribution in [3.63, 3.8) is 0 Å². The van der Waals surface area contributed by atoms with Crippen LogP contribution < -0.4 is 10.4 Å². The van der Waals surface area contributed by atoms with Crippen LogP contribution >= 0.6 is 11.8 Å². The second-order valence-corrected chi connectivity index (χ2v) is 9.37. The summed E-state index contributed by atoms with van der Waals surface area (Å²) in [5.74, 6) is -3.16. The molecule has 0 unspecified atom stereocenters. The van der Waals surface area contributed by atoms with Crippen LogP contribution in [-0.2, 0) is 10.3 Å². The second-order valence-electron chi connectivity index (χ2n) is 8.52. The number of carbonyl (C=O) groups is 1. The summed E-state index contributed by atoms with van der Waals surface area (Å²) >= 11 is 1.49. The molecule has 0 bridgehead atoms. The number of carbonyl (C=O) groups excluding carboxylic acids is 1. The lowest BCUT2D eigenvalue weighted by molar-refractivity contribution is -0.0248. The maximum atomic E-state index is 14.6. The number of fused-ring (bicyclic) bond motifs is 2. The molecule has 1 saturated heterocycles. The van der Waals surface area contributed by atoms with Crippen LogP contribution in [-0.4, -0.2) is 52.8 Å². The fourth-order valence-electron chi connectivity index (χ4n) is 4.98. The van der Waals surface area contributed by atoms with Gasteiger partial charge in [-0.3, -0.25) is 19.3 Å². The number of pyridine rings is 1. The first-order valence-electron chi connectivity index (χ1n) is 11.0. The maximum Gasteiger partial charge on any atom is 0.278 e. The largest absolute Gasteiger partial charge is 0.502 e. The summed E-state index contributed by atoms with van der Waals surface area (Å²) in [4.78, 5) is 28.1. The zero-order valence-corrected chi connectivity index (χ0v) is 19.9. The number of ether oxygens (including phenoxy) is 1. The lowest BCUT2D eigenvalue weighted by atomic mass is 9.82. The minimum Gasteiger partial charge on any atom is -0.502 e. The Morgan fingerprint density at radius 3 is 2.63 bits per heavy atom. The van der Waals surface area contributed by atoms with Crippen molar-refractivity contribution in [1.29, 1.82) is 0 Å². The number of amides is 1. The van der Waals surface area contributed by atoms with Gasteiger partial charge in [0.15, 0.2) is 23.1 Å². The first-order chi connectivity index (χ1) is 16.8. The number of nitrogens with zero attached hydrogens (tertiary/aromatic N) is 3. The molecule has 1 fully saturated rings. The van der Waals surface area contributed by atoms with Crippen LogP contribution in [0.3, 0.4) is 0 Å². The molecule has 2 aliphatic heterocycles. The van der Waals surface area contributed by atoms with Gasteiger partial charge in [-0.05, 0) is 42.5 Å². The van der Waals surface area contributed by atoms with E-state index in [1.54, 1.807) is 5.01 Å². The van der Waals surface area contributed by atoms with E-state index in [1.807, 2.05) is 37.4 Å². The van der Waals surface area contributed by atoms with E-state index in [1.165, 1.54) is 39.7 Å². The second kappa shape index (κ2) is 8.69. The average Bonchev–Trinajstić information content (AvgIpc) is 2.87. The van der Waals surface area contributed by atoms with Gasteiger partial charge in [-0.15, -0.1) is 11.8 Å². The van der Waals surface area contributed by atoms with Crippen LogP contribution in [0.4, 0.5) is 8.78 Å². The number of aromatic nitrogens is 1. The predicted molar refractivity (Wildman–Crippen MR) is 127 cm³/mol. The molecule has 5 rings (SSSR count). The highest BCUT2D eigenvalue weighted by Gasteiger charge is 2.50. The fourth-order valence-corrected chi connectivity index (χ4v) is 5.68. The molecule has 182 valence electrons. The van der Waals surface area contributed by atoms with Gasteiger partial charge in [0.1, 0.15) is 11.7 Å². The van der Waals surface area contributed by atoms with Crippen LogP contribution in [0.25, 0.3) is 0 Å². The van der Waals surface area contributed by atoms with Crippen molar-refractivity contribution in [2.24, 2.45) is 0 Å². The molecule has 1 amide bonds. The molecule has 10 heteroatoms. The lowest BCUT2D eigenvalue weighted by Gasteiger charge is -2.55. The van der Waals surface area contributed by atoms with E-state index in [0.717, 1.165) is 22.6 Å². The van der Waals surface area contributed by atoms with Crippen molar-refractivity contribution < 1.29 is 23.4 Å². The summed E-state index contributed by atoms with van der Waals surface area (Å²) in [5.41, 5.74) is -0.875. The third-order valence-corrected chi connectivity index (χ3v) is 7.50. The molecular weight excluding hydrogens is 476 g/mol. The number of halogens is 2. The summed E-state index contributed by atoms with van der Waals surface area (Å²) in [6.45, 7) is 2.51. The Hall–Kier alpha value is -3.37. The number of hydrogen-bond donors (Lipinski definition) is 1. The number of morpholine rings is 1. The molecule has 0 spiro atoms. The molecule has 3 aromatic rings. The Labute approximate surface area is 204 Å². The van der Waals surface area contributed by atoms with E-state index in [9.17, 15) is 23.5 Å². The van der Waals surface area contributed by atoms with Crippen molar-refractivity contribution >= 4 is 17.7 Å². The van der Waals surface area contributed by atoms with Gasteiger partial charge in [-0.25, -0.2) is 8.78 Å². The molecule has 7 nitrogen and oxygen atoms in total. The molecular formula is C25H23F2N3O4S. The van der Waals surface area contributed by atoms with E-state index in [0.29, 0.717) is 5.56 Å². The molecule has 0 radical (unpaired) electrons. The molecule has 0 saturated carbocycles. The van der Waals surface area contributed by atoms with Crippen molar-refractivity contribution in [1.82, 2.24) is 9.58 Å². The van der Waals surface area contributed by atoms with Crippen molar-refractivity contribution in [2.75, 3.05) is 31.0 Å². The Balaban J connectivity index is 1.88. The molecule has 2 aliphatic rings. The highest BCUT2D eigenvalue weighted by atomic mass is 32.2. The smallest absolute Gasteiger partial charge is 0.278 e. The van der Waals surface area contributed by atoms with E-state index in [4.69, 9.17) is 4.74 Å². The molecule has 3 heterocycles. The topological polar surface area (TPSA) is 75.0 Å². The van der Waals surface area contributed by atoms with Gasteiger partial charge < -0.3 is 14.7 Å². The monoisotopic (exact) mass is 499 g/mol. The van der Waals surface area contributed by atoms with Crippen molar-refractivity contribution in [3.05, 3.63) is 93.4 Å². The Morgan fingerprint density at radius 1 is 1.11 bits per heavy atom. The minimum absolute atomic E-state index is 0.138. The molecule has 2 aromatic carbocycles. The average molecular weight is 500 g/mol. The van der Waals surface area contributed by atoms with E-state index in [-0.39, 0.29) is 25.5 Å². The van der Waals surface area contributed by atoms with Crippen LogP contribution in [0.1, 0.15) is 28.5 Å². The van der Waals surface area contributed by atoms with E-state index >= 15 is 0 Å². The number of thioether (sulfide) groups is 1. The first kappa shape index (κ1) is 23.4. The third-order valence-electron chi connectivity index (χ3n) is 6.71. The van der Waals surface area contributed by atoms with Crippen molar-refractivity contribution in [3.8, 4) is 5.75 Å². The molecule has 2 atom stereocenters. The maximum absolute atomic E-state index is 14.6. The minimum atomic E-state index is -1.19. The van der Waals surface area contributed by atoms with Gasteiger partial charge in [-0.2, -0.15) is 0 Å². The number of hydrogen-bond acceptors (Lipinski definition) is 6. The Kier molecular flexibility index (Phi) is 5.80.